The Morgan fingerprint density at radius 1 is 1.05 bits per heavy atom. The third-order valence-corrected chi connectivity index (χ3v) is 4.34. The molecule has 0 unspecified atom stereocenters. The summed E-state index contributed by atoms with van der Waals surface area (Å²) in [5, 5.41) is 0. The molecule has 1 aliphatic heterocycles. The summed E-state index contributed by atoms with van der Waals surface area (Å²) in [6.07, 6.45) is 7.26. The predicted octanol–water partition coefficient (Wildman–Crippen LogP) is 4.08. The van der Waals surface area contributed by atoms with E-state index in [0.717, 1.165) is 38.5 Å². The van der Waals surface area contributed by atoms with Crippen LogP contribution in [0.5, 0.6) is 0 Å². The Labute approximate surface area is 124 Å². The summed E-state index contributed by atoms with van der Waals surface area (Å²) < 4.78 is 11.1. The van der Waals surface area contributed by atoms with Crippen molar-refractivity contribution in [3.63, 3.8) is 0 Å². The number of unbranched alkanes of at least 4 members (excludes halogenated alkanes) is 2. The van der Waals surface area contributed by atoms with Gasteiger partial charge in [-0.15, -0.1) is 0 Å². The summed E-state index contributed by atoms with van der Waals surface area (Å²) in [7, 11) is 3.44. The Morgan fingerprint density at radius 2 is 1.70 bits per heavy atom. The second kappa shape index (κ2) is 8.32. The fourth-order valence-electron chi connectivity index (χ4n) is 3.00. The van der Waals surface area contributed by atoms with Gasteiger partial charge in [-0.2, -0.15) is 0 Å². The van der Waals surface area contributed by atoms with Crippen molar-refractivity contribution >= 4 is 0 Å². The van der Waals surface area contributed by atoms with E-state index >= 15 is 0 Å². The number of hydrogen-bond acceptors (Lipinski definition) is 4. The number of hydrogen-bond donors (Lipinski definition) is 0. The minimum atomic E-state index is -0.655. The molecule has 0 bridgehead atoms. The van der Waals surface area contributed by atoms with Crippen LogP contribution in [0.2, 0.25) is 0 Å². The molecular weight excluding hydrogens is 256 g/mol. The summed E-state index contributed by atoms with van der Waals surface area (Å²) in [4.78, 5) is 11.6. The van der Waals surface area contributed by atoms with Crippen LogP contribution in [0.4, 0.5) is 0 Å². The molecule has 0 aromatic rings. The molecule has 0 aromatic carbocycles. The molecule has 0 spiro atoms. The van der Waals surface area contributed by atoms with E-state index in [1.807, 2.05) is 0 Å². The van der Waals surface area contributed by atoms with Gasteiger partial charge in [0.15, 0.2) is 0 Å². The Kier molecular flexibility index (Phi) is 7.45. The Balaban J connectivity index is 2.77. The van der Waals surface area contributed by atoms with Crippen molar-refractivity contribution in [2.45, 2.75) is 77.1 Å². The van der Waals surface area contributed by atoms with E-state index in [2.05, 4.69) is 20.8 Å². The molecule has 0 saturated carbocycles. The van der Waals surface area contributed by atoms with Crippen LogP contribution in [0.25, 0.3) is 0 Å². The number of methoxy groups -OCH3 is 2. The molecule has 3 atom stereocenters. The SMILES string of the molecule is CCCC[C@@]1(C)C[C@H](COC)[C@](CCCC)(OC)OO1. The van der Waals surface area contributed by atoms with Gasteiger partial charge in [-0.25, -0.2) is 9.78 Å². The highest BCUT2D eigenvalue weighted by molar-refractivity contribution is 4.89. The zero-order valence-corrected chi connectivity index (χ0v) is 13.9. The Hall–Kier alpha value is -0.160. The average Bonchev–Trinajstić information content (AvgIpc) is 2.46. The molecule has 1 saturated heterocycles. The van der Waals surface area contributed by atoms with E-state index < -0.39 is 5.79 Å². The van der Waals surface area contributed by atoms with Crippen molar-refractivity contribution in [3.8, 4) is 0 Å². The van der Waals surface area contributed by atoms with E-state index in [1.54, 1.807) is 14.2 Å². The van der Waals surface area contributed by atoms with Gasteiger partial charge in [0.2, 0.25) is 5.79 Å². The maximum absolute atomic E-state index is 5.79. The molecule has 1 rings (SSSR count). The highest BCUT2D eigenvalue weighted by Crippen LogP contribution is 2.43. The van der Waals surface area contributed by atoms with Gasteiger partial charge >= 0.3 is 0 Å². The van der Waals surface area contributed by atoms with E-state index in [1.165, 1.54) is 6.42 Å². The molecule has 4 heteroatoms. The molecule has 20 heavy (non-hydrogen) atoms. The largest absolute Gasteiger partial charge is 0.384 e. The van der Waals surface area contributed by atoms with Crippen molar-refractivity contribution in [2.75, 3.05) is 20.8 Å². The van der Waals surface area contributed by atoms with Gasteiger partial charge in [0.25, 0.3) is 0 Å². The van der Waals surface area contributed by atoms with Crippen LogP contribution in [0.3, 0.4) is 0 Å². The first-order chi connectivity index (χ1) is 9.55. The highest BCUT2D eigenvalue weighted by atomic mass is 17.2. The summed E-state index contributed by atoms with van der Waals surface area (Å²) in [5.41, 5.74) is -0.229. The van der Waals surface area contributed by atoms with E-state index in [4.69, 9.17) is 19.2 Å². The molecular formula is C16H32O4. The minimum absolute atomic E-state index is 0.208. The molecule has 0 radical (unpaired) electrons. The minimum Gasteiger partial charge on any atom is -0.384 e. The zero-order valence-electron chi connectivity index (χ0n) is 13.9. The summed E-state index contributed by atoms with van der Waals surface area (Å²) in [6.45, 7) is 7.14. The van der Waals surface area contributed by atoms with Crippen LogP contribution in [0, 0.1) is 5.92 Å². The first-order valence-corrected chi connectivity index (χ1v) is 7.96. The molecule has 120 valence electrons. The second-order valence-corrected chi connectivity index (χ2v) is 6.20. The maximum atomic E-state index is 5.79. The van der Waals surface area contributed by atoms with Crippen molar-refractivity contribution < 1.29 is 19.2 Å². The normalized spacial score (nSPS) is 34.4. The van der Waals surface area contributed by atoms with Gasteiger partial charge in [0, 0.05) is 26.6 Å². The van der Waals surface area contributed by atoms with Gasteiger partial charge in [0.1, 0.15) is 5.60 Å². The topological polar surface area (TPSA) is 36.9 Å². The molecule has 1 fully saturated rings. The number of ether oxygens (including phenoxy) is 2. The van der Waals surface area contributed by atoms with Crippen molar-refractivity contribution in [1.29, 1.82) is 0 Å². The van der Waals surface area contributed by atoms with Gasteiger partial charge in [-0.05, 0) is 26.2 Å². The van der Waals surface area contributed by atoms with E-state index in [-0.39, 0.29) is 11.5 Å². The lowest BCUT2D eigenvalue weighted by molar-refractivity contribution is -0.505. The summed E-state index contributed by atoms with van der Waals surface area (Å²) in [5.74, 6) is -0.447. The molecule has 1 aliphatic rings. The predicted molar refractivity (Wildman–Crippen MR) is 79.3 cm³/mol. The van der Waals surface area contributed by atoms with Gasteiger partial charge < -0.3 is 9.47 Å². The lowest BCUT2D eigenvalue weighted by atomic mass is 9.81. The lowest BCUT2D eigenvalue weighted by Gasteiger charge is -2.47. The van der Waals surface area contributed by atoms with Crippen LogP contribution < -0.4 is 0 Å². The van der Waals surface area contributed by atoms with Crippen molar-refractivity contribution in [2.24, 2.45) is 5.92 Å². The van der Waals surface area contributed by atoms with Gasteiger partial charge in [-0.3, -0.25) is 0 Å². The smallest absolute Gasteiger partial charge is 0.206 e. The highest BCUT2D eigenvalue weighted by Gasteiger charge is 2.50. The monoisotopic (exact) mass is 288 g/mol. The van der Waals surface area contributed by atoms with Crippen LogP contribution in [-0.2, 0) is 19.2 Å². The Bertz CT molecular complexity index is 271. The number of rotatable bonds is 9. The van der Waals surface area contributed by atoms with Crippen LogP contribution in [0.1, 0.15) is 65.7 Å². The molecule has 0 amide bonds. The second-order valence-electron chi connectivity index (χ2n) is 6.20. The maximum Gasteiger partial charge on any atom is 0.206 e. The molecule has 4 nitrogen and oxygen atoms in total. The third kappa shape index (κ3) is 4.42. The van der Waals surface area contributed by atoms with E-state index in [9.17, 15) is 0 Å². The summed E-state index contributed by atoms with van der Waals surface area (Å²) in [6, 6.07) is 0. The fourth-order valence-corrected chi connectivity index (χ4v) is 3.00. The third-order valence-electron chi connectivity index (χ3n) is 4.34. The molecule has 0 N–H and O–H groups in total. The van der Waals surface area contributed by atoms with Crippen LogP contribution in [-0.4, -0.2) is 32.2 Å². The fraction of sp³-hybridized carbons (Fsp3) is 1.00. The standard InChI is InChI=1S/C16H32O4/c1-6-8-10-15(3)12-14(13-17-4)16(18-5,20-19-15)11-9-7-2/h14H,6-13H2,1-5H3/t14-,15+,16-/m1/s1. The van der Waals surface area contributed by atoms with Gasteiger partial charge in [0.05, 0.1) is 6.61 Å². The first-order valence-electron chi connectivity index (χ1n) is 7.96. The van der Waals surface area contributed by atoms with E-state index in [0.29, 0.717) is 6.61 Å². The molecule has 1 heterocycles. The van der Waals surface area contributed by atoms with Gasteiger partial charge in [-0.1, -0.05) is 33.1 Å². The lowest BCUT2D eigenvalue weighted by Crippen LogP contribution is -2.54. The zero-order chi connectivity index (χ0) is 15.1. The van der Waals surface area contributed by atoms with Crippen LogP contribution in [0.15, 0.2) is 0 Å². The molecule has 0 aromatic heterocycles. The first kappa shape index (κ1) is 17.9. The average molecular weight is 288 g/mol. The van der Waals surface area contributed by atoms with Crippen LogP contribution >= 0.6 is 0 Å². The van der Waals surface area contributed by atoms with Crippen molar-refractivity contribution in [1.82, 2.24) is 0 Å². The quantitative estimate of drug-likeness (QED) is 0.599. The molecule has 0 aliphatic carbocycles. The van der Waals surface area contributed by atoms with Crippen molar-refractivity contribution in [3.05, 3.63) is 0 Å². The Morgan fingerprint density at radius 3 is 2.25 bits per heavy atom. The summed E-state index contributed by atoms with van der Waals surface area (Å²) >= 11 is 0.